The van der Waals surface area contributed by atoms with Crippen molar-refractivity contribution in [1.29, 1.82) is 0 Å². The largest absolute Gasteiger partial charge is 0.353 e. The maximum absolute atomic E-state index is 12.2. The van der Waals surface area contributed by atoms with E-state index >= 15 is 0 Å². The molecular weight excluding hydrogens is 386 g/mol. The van der Waals surface area contributed by atoms with Gasteiger partial charge in [0.1, 0.15) is 0 Å². The summed E-state index contributed by atoms with van der Waals surface area (Å²) in [6, 6.07) is 8.97. The first kappa shape index (κ1) is 21.2. The number of sulfonamides is 1. The molecule has 0 aliphatic rings. The highest BCUT2D eigenvalue weighted by molar-refractivity contribution is 7.99. The van der Waals surface area contributed by atoms with Gasteiger partial charge in [0.15, 0.2) is 11.0 Å². The van der Waals surface area contributed by atoms with E-state index in [9.17, 15) is 13.2 Å². The molecule has 0 unspecified atom stereocenters. The average Bonchev–Trinajstić information content (AvgIpc) is 2.97. The molecule has 1 atom stereocenters. The maximum atomic E-state index is 12.2. The van der Waals surface area contributed by atoms with Crippen molar-refractivity contribution >= 4 is 33.4 Å². The molecule has 0 aliphatic heterocycles. The molecule has 1 aromatic carbocycles. The van der Waals surface area contributed by atoms with Gasteiger partial charge in [0.25, 0.3) is 0 Å². The summed E-state index contributed by atoms with van der Waals surface area (Å²) in [6.45, 7) is 4.02. The molecule has 1 amide bonds. The minimum atomic E-state index is -3.48. The summed E-state index contributed by atoms with van der Waals surface area (Å²) < 4.78 is 27.4. The van der Waals surface area contributed by atoms with Crippen LogP contribution in [0.3, 0.4) is 0 Å². The van der Waals surface area contributed by atoms with Crippen molar-refractivity contribution in [2.75, 3.05) is 16.3 Å². The molecule has 0 saturated carbocycles. The van der Waals surface area contributed by atoms with Gasteiger partial charge in [0, 0.05) is 13.1 Å². The summed E-state index contributed by atoms with van der Waals surface area (Å²) >= 11 is 1.27. The molecule has 0 spiro atoms. The number of carbonyl (C=O) groups is 1. The van der Waals surface area contributed by atoms with E-state index in [2.05, 4.69) is 15.5 Å². The molecule has 2 rings (SSSR count). The number of anilines is 1. The first-order valence-electron chi connectivity index (χ1n) is 8.55. The van der Waals surface area contributed by atoms with Crippen LogP contribution in [0.1, 0.15) is 26.1 Å². The summed E-state index contributed by atoms with van der Waals surface area (Å²) in [5.74, 6) is 0.653. The number of nitrogens with zero attached hydrogens (tertiary/aromatic N) is 4. The number of benzene rings is 1. The normalized spacial score (nSPS) is 12.6. The third-order valence-electron chi connectivity index (χ3n) is 4.01. The van der Waals surface area contributed by atoms with Gasteiger partial charge < -0.3 is 9.88 Å². The minimum absolute atomic E-state index is 0.0615. The number of carbonyl (C=O) groups excluding carboxylic acids is 1. The molecule has 27 heavy (non-hydrogen) atoms. The Morgan fingerprint density at radius 3 is 2.56 bits per heavy atom. The van der Waals surface area contributed by atoms with Crippen molar-refractivity contribution in [2.45, 2.75) is 38.0 Å². The maximum Gasteiger partial charge on any atom is 0.232 e. The summed E-state index contributed by atoms with van der Waals surface area (Å²) in [5, 5.41) is 11.6. The number of rotatable bonds is 9. The van der Waals surface area contributed by atoms with Crippen molar-refractivity contribution in [3.8, 4) is 0 Å². The van der Waals surface area contributed by atoms with Crippen LogP contribution in [0.4, 0.5) is 5.69 Å². The van der Waals surface area contributed by atoms with Crippen LogP contribution in [-0.2, 0) is 28.4 Å². The highest BCUT2D eigenvalue weighted by atomic mass is 32.2. The van der Waals surface area contributed by atoms with E-state index in [-0.39, 0.29) is 24.2 Å². The molecule has 10 heteroatoms. The average molecular weight is 412 g/mol. The molecule has 1 N–H and O–H groups in total. The molecule has 0 fully saturated rings. The van der Waals surface area contributed by atoms with Crippen molar-refractivity contribution < 1.29 is 13.2 Å². The molecule has 0 radical (unpaired) electrons. The van der Waals surface area contributed by atoms with Crippen molar-refractivity contribution in [2.24, 2.45) is 7.05 Å². The lowest BCUT2D eigenvalue weighted by molar-refractivity contribution is -0.119. The first-order valence-corrected chi connectivity index (χ1v) is 11.4. The first-order chi connectivity index (χ1) is 12.7. The molecule has 148 valence electrons. The highest BCUT2D eigenvalue weighted by Gasteiger charge is 2.21. The van der Waals surface area contributed by atoms with Crippen LogP contribution in [0.2, 0.25) is 0 Å². The number of nitrogens with one attached hydrogen (secondary N) is 1. The number of aromatic nitrogens is 3. The number of thioether (sulfide) groups is 1. The van der Waals surface area contributed by atoms with E-state index in [1.807, 2.05) is 19.9 Å². The van der Waals surface area contributed by atoms with E-state index in [1.165, 1.54) is 16.1 Å². The second-order valence-corrected chi connectivity index (χ2v) is 9.08. The van der Waals surface area contributed by atoms with Gasteiger partial charge in [-0.25, -0.2) is 8.42 Å². The Labute approximate surface area is 164 Å². The molecule has 1 aromatic heterocycles. The zero-order valence-corrected chi connectivity index (χ0v) is 17.5. The fourth-order valence-corrected chi connectivity index (χ4v) is 3.88. The zero-order valence-electron chi connectivity index (χ0n) is 15.9. The summed E-state index contributed by atoms with van der Waals surface area (Å²) in [4.78, 5) is 11.9. The van der Waals surface area contributed by atoms with Gasteiger partial charge in [-0.2, -0.15) is 0 Å². The Morgan fingerprint density at radius 1 is 1.30 bits per heavy atom. The van der Waals surface area contributed by atoms with Gasteiger partial charge in [-0.1, -0.05) is 36.9 Å². The summed E-state index contributed by atoms with van der Waals surface area (Å²) in [5.41, 5.74) is 0.560. The van der Waals surface area contributed by atoms with E-state index < -0.39 is 10.0 Å². The van der Waals surface area contributed by atoms with Crippen LogP contribution in [0, 0.1) is 0 Å². The van der Waals surface area contributed by atoms with Crippen LogP contribution in [0.25, 0.3) is 0 Å². The van der Waals surface area contributed by atoms with E-state index in [4.69, 9.17) is 0 Å². The molecule has 0 bridgehead atoms. The van der Waals surface area contributed by atoms with Gasteiger partial charge >= 0.3 is 0 Å². The lowest BCUT2D eigenvalue weighted by Gasteiger charge is -2.21. The zero-order chi connectivity index (χ0) is 20.0. The lowest BCUT2D eigenvalue weighted by Crippen LogP contribution is -2.33. The molecule has 2 aromatic rings. The highest BCUT2D eigenvalue weighted by Crippen LogP contribution is 2.21. The lowest BCUT2D eigenvalue weighted by atomic mass is 10.3. The molecular formula is C17H25N5O3S2. The molecule has 1 heterocycles. The number of hydrogen-bond acceptors (Lipinski definition) is 6. The monoisotopic (exact) mass is 411 g/mol. The number of amides is 1. The van der Waals surface area contributed by atoms with E-state index in [0.29, 0.717) is 16.7 Å². The minimum Gasteiger partial charge on any atom is -0.353 e. The van der Waals surface area contributed by atoms with Crippen molar-refractivity contribution in [1.82, 2.24) is 20.1 Å². The van der Waals surface area contributed by atoms with Crippen LogP contribution >= 0.6 is 11.8 Å². The van der Waals surface area contributed by atoms with Gasteiger partial charge in [0.2, 0.25) is 15.9 Å². The fraction of sp³-hybridized carbons (Fsp3) is 0.471. The topological polar surface area (TPSA) is 97.2 Å². The SMILES string of the molecule is CC[C@H](C)NC(=O)CSc1nnc(CN(c2ccccc2)S(C)(=O)=O)n1C. The summed E-state index contributed by atoms with van der Waals surface area (Å²) in [7, 11) is -1.72. The smallest absolute Gasteiger partial charge is 0.232 e. The second-order valence-electron chi connectivity index (χ2n) is 6.23. The van der Waals surface area contributed by atoms with Crippen LogP contribution in [0.5, 0.6) is 0 Å². The third kappa shape index (κ3) is 5.96. The Kier molecular flexibility index (Phi) is 7.25. The second kappa shape index (κ2) is 9.23. The van der Waals surface area contributed by atoms with Gasteiger partial charge in [-0.05, 0) is 25.5 Å². The predicted molar refractivity (Wildman–Crippen MR) is 107 cm³/mol. The summed E-state index contributed by atoms with van der Waals surface area (Å²) in [6.07, 6.45) is 2.02. The van der Waals surface area contributed by atoms with Crippen LogP contribution in [0.15, 0.2) is 35.5 Å². The van der Waals surface area contributed by atoms with Crippen LogP contribution < -0.4 is 9.62 Å². The number of para-hydroxylation sites is 1. The third-order valence-corrected chi connectivity index (χ3v) is 6.17. The molecule has 0 aliphatic carbocycles. The quantitative estimate of drug-likeness (QED) is 0.632. The van der Waals surface area contributed by atoms with Gasteiger partial charge in [-0.15, -0.1) is 10.2 Å². The Bertz CT molecular complexity index is 868. The Morgan fingerprint density at radius 2 is 1.96 bits per heavy atom. The Hall–Kier alpha value is -2.07. The fourth-order valence-electron chi connectivity index (χ4n) is 2.28. The van der Waals surface area contributed by atoms with Crippen molar-refractivity contribution in [3.63, 3.8) is 0 Å². The molecule has 8 nitrogen and oxygen atoms in total. The number of hydrogen-bond donors (Lipinski definition) is 1. The van der Waals surface area contributed by atoms with Gasteiger partial charge in [0.05, 0.1) is 24.2 Å². The van der Waals surface area contributed by atoms with Gasteiger partial charge in [-0.3, -0.25) is 9.10 Å². The van der Waals surface area contributed by atoms with E-state index in [0.717, 1.165) is 12.7 Å². The standard InChI is InChI=1S/C17H25N5O3S2/c1-5-13(2)18-16(23)12-26-17-20-19-15(21(17)3)11-22(27(4,24)25)14-9-7-6-8-10-14/h6-10,13H,5,11-12H2,1-4H3,(H,18,23)/t13-/m0/s1. The predicted octanol–water partition coefficient (Wildman–Crippen LogP) is 1.79. The molecule has 0 saturated heterocycles. The Balaban J connectivity index is 2.10. The van der Waals surface area contributed by atoms with E-state index in [1.54, 1.807) is 35.9 Å². The van der Waals surface area contributed by atoms with Crippen molar-refractivity contribution in [3.05, 3.63) is 36.2 Å². The van der Waals surface area contributed by atoms with Crippen LogP contribution in [-0.4, -0.2) is 47.1 Å².